The van der Waals surface area contributed by atoms with Crippen LogP contribution in [-0.4, -0.2) is 75.2 Å². The Bertz CT molecular complexity index is 1470. The maximum absolute atomic E-state index is 13.5. The minimum atomic E-state index is -0.689. The molecule has 10 heteroatoms. The zero-order valence-corrected chi connectivity index (χ0v) is 24.7. The molecule has 1 unspecified atom stereocenters. The molecule has 0 radical (unpaired) electrons. The molecule has 1 N–H and O–H groups in total. The minimum Gasteiger partial charge on any atom is -0.444 e. The van der Waals surface area contributed by atoms with Crippen molar-refractivity contribution in [3.63, 3.8) is 0 Å². The Balaban J connectivity index is 1.44. The smallest absolute Gasteiger partial charge is 0.419 e. The fourth-order valence-electron chi connectivity index (χ4n) is 5.37. The van der Waals surface area contributed by atoms with Crippen molar-refractivity contribution >= 4 is 29.4 Å². The molecule has 1 fully saturated rings. The highest BCUT2D eigenvalue weighted by molar-refractivity contribution is 5.97. The third kappa shape index (κ3) is 6.28. The van der Waals surface area contributed by atoms with Crippen molar-refractivity contribution in [2.75, 3.05) is 26.2 Å². The molecule has 10 nitrogen and oxygen atoms in total. The fraction of sp³-hybridized carbons (Fsp3) is 0.484. The van der Waals surface area contributed by atoms with Crippen LogP contribution in [0.3, 0.4) is 0 Å². The quantitative estimate of drug-likeness (QED) is 0.449. The summed E-state index contributed by atoms with van der Waals surface area (Å²) in [6, 6.07) is 9.40. The summed E-state index contributed by atoms with van der Waals surface area (Å²) in [5.41, 5.74) is 3.55. The van der Waals surface area contributed by atoms with Crippen LogP contribution in [0.25, 0.3) is 22.3 Å². The lowest BCUT2D eigenvalue weighted by Gasteiger charge is -2.35. The van der Waals surface area contributed by atoms with Gasteiger partial charge in [-0.05, 0) is 76.9 Å². The highest BCUT2D eigenvalue weighted by Crippen LogP contribution is 2.36. The van der Waals surface area contributed by atoms with E-state index in [0.717, 1.165) is 41.5 Å². The summed E-state index contributed by atoms with van der Waals surface area (Å²) in [4.78, 5) is 46.5. The number of pyridine rings is 1. The number of nitrogens with one attached hydrogen (secondary N) is 1. The van der Waals surface area contributed by atoms with E-state index in [1.54, 1.807) is 15.7 Å². The highest BCUT2D eigenvalue weighted by atomic mass is 16.6. The van der Waals surface area contributed by atoms with E-state index in [-0.39, 0.29) is 6.09 Å². The van der Waals surface area contributed by atoms with Crippen LogP contribution in [0.5, 0.6) is 0 Å². The molecule has 0 aliphatic carbocycles. The molecule has 0 bridgehead atoms. The van der Waals surface area contributed by atoms with Crippen LogP contribution in [0.1, 0.15) is 64.3 Å². The summed E-state index contributed by atoms with van der Waals surface area (Å²) in [6.45, 7) is 15.1. The van der Waals surface area contributed by atoms with Gasteiger partial charge in [0.2, 0.25) is 0 Å². The van der Waals surface area contributed by atoms with Crippen molar-refractivity contribution in [2.24, 2.45) is 0 Å². The fourth-order valence-corrected chi connectivity index (χ4v) is 5.37. The monoisotopic (exact) mass is 561 g/mol. The predicted octanol–water partition coefficient (Wildman–Crippen LogP) is 4.88. The maximum atomic E-state index is 13.5. The summed E-state index contributed by atoms with van der Waals surface area (Å²) in [7, 11) is 0. The largest absolute Gasteiger partial charge is 0.444 e. The summed E-state index contributed by atoms with van der Waals surface area (Å²) >= 11 is 0. The van der Waals surface area contributed by atoms with Crippen molar-refractivity contribution in [2.45, 2.75) is 71.9 Å². The van der Waals surface area contributed by atoms with Gasteiger partial charge in [-0.25, -0.2) is 14.2 Å². The lowest BCUT2D eigenvalue weighted by molar-refractivity contribution is -0.109. The summed E-state index contributed by atoms with van der Waals surface area (Å²) in [5, 5.41) is 4.09. The molecule has 5 rings (SSSR count). The number of fused-ring (bicyclic) bond motifs is 2. The van der Waals surface area contributed by atoms with Gasteiger partial charge in [0.05, 0.1) is 22.9 Å². The van der Waals surface area contributed by atoms with Crippen LogP contribution in [0, 0.1) is 0 Å². The second-order valence-corrected chi connectivity index (χ2v) is 12.7. The van der Waals surface area contributed by atoms with E-state index in [0.29, 0.717) is 43.1 Å². The average Bonchev–Trinajstić information content (AvgIpc) is 3.48. The Kier molecular flexibility index (Phi) is 7.65. The van der Waals surface area contributed by atoms with Gasteiger partial charge < -0.3 is 19.2 Å². The maximum Gasteiger partial charge on any atom is 0.419 e. The van der Waals surface area contributed by atoms with E-state index in [1.165, 1.54) is 0 Å². The third-order valence-corrected chi connectivity index (χ3v) is 7.15. The number of benzene rings is 1. The van der Waals surface area contributed by atoms with E-state index in [4.69, 9.17) is 9.47 Å². The van der Waals surface area contributed by atoms with Gasteiger partial charge in [-0.3, -0.25) is 15.2 Å². The van der Waals surface area contributed by atoms with Gasteiger partial charge in [-0.1, -0.05) is 6.07 Å². The molecule has 218 valence electrons. The zero-order chi connectivity index (χ0) is 29.5. The number of hydrogen-bond acceptors (Lipinski definition) is 8. The number of piperazine rings is 1. The van der Waals surface area contributed by atoms with Gasteiger partial charge in [0.1, 0.15) is 17.5 Å². The molecular formula is C31H39N5O5. The molecule has 41 heavy (non-hydrogen) atoms. The molecule has 2 aromatic heterocycles. The standard InChI is InChI=1S/C31H39N5O5/c1-30(2,3)40-28(38)35-13-11-34(12-14-35)18-20-7-8-24-22(15-20)16-25(36(24)29(39)41-31(4,5)6)27-26-21(9-10-32-27)17-33-23(26)19-37/h7-10,15-16,19,23,33H,11-14,17-18H2,1-6H3. The lowest BCUT2D eigenvalue weighted by Crippen LogP contribution is -2.49. The summed E-state index contributed by atoms with van der Waals surface area (Å²) < 4.78 is 12.9. The molecule has 0 spiro atoms. The topological polar surface area (TPSA) is 106 Å². The first kappa shape index (κ1) is 28.8. The molecular weight excluding hydrogens is 522 g/mol. The van der Waals surface area contributed by atoms with E-state index in [9.17, 15) is 14.4 Å². The minimum absolute atomic E-state index is 0.275. The van der Waals surface area contributed by atoms with Crippen LogP contribution in [0.15, 0.2) is 36.5 Å². The Labute approximate surface area is 240 Å². The van der Waals surface area contributed by atoms with E-state index in [1.807, 2.05) is 65.8 Å². The van der Waals surface area contributed by atoms with Gasteiger partial charge in [-0.2, -0.15) is 0 Å². The molecule has 4 heterocycles. The second kappa shape index (κ2) is 10.9. The molecule has 1 saturated heterocycles. The Morgan fingerprint density at radius 1 is 0.976 bits per heavy atom. The molecule has 3 aromatic rings. The number of aromatic nitrogens is 2. The molecule has 1 amide bonds. The van der Waals surface area contributed by atoms with Crippen molar-refractivity contribution in [1.29, 1.82) is 0 Å². The Hall–Kier alpha value is -3.76. The van der Waals surface area contributed by atoms with Crippen LogP contribution in [0.4, 0.5) is 9.59 Å². The van der Waals surface area contributed by atoms with Gasteiger partial charge in [0.25, 0.3) is 0 Å². The first-order valence-electron chi connectivity index (χ1n) is 14.1. The van der Waals surface area contributed by atoms with Crippen LogP contribution in [0.2, 0.25) is 0 Å². The normalized spacial score (nSPS) is 17.9. The first-order chi connectivity index (χ1) is 19.3. The van der Waals surface area contributed by atoms with Gasteiger partial charge in [0.15, 0.2) is 0 Å². The van der Waals surface area contributed by atoms with E-state index >= 15 is 0 Å². The van der Waals surface area contributed by atoms with E-state index in [2.05, 4.69) is 21.3 Å². The molecule has 1 atom stereocenters. The molecule has 2 aliphatic heterocycles. The number of carbonyl (C=O) groups is 3. The molecule has 0 saturated carbocycles. The zero-order valence-electron chi connectivity index (χ0n) is 24.7. The highest BCUT2D eigenvalue weighted by Gasteiger charge is 2.31. The first-order valence-corrected chi connectivity index (χ1v) is 14.1. The number of aldehydes is 1. The van der Waals surface area contributed by atoms with Crippen molar-refractivity contribution in [3.05, 3.63) is 53.2 Å². The average molecular weight is 562 g/mol. The summed E-state index contributed by atoms with van der Waals surface area (Å²) in [5.74, 6) is 0. The van der Waals surface area contributed by atoms with Crippen LogP contribution in [-0.2, 0) is 27.4 Å². The molecule has 2 aliphatic rings. The van der Waals surface area contributed by atoms with Crippen LogP contribution >= 0.6 is 0 Å². The van der Waals surface area contributed by atoms with Crippen LogP contribution < -0.4 is 5.32 Å². The lowest BCUT2D eigenvalue weighted by atomic mass is 10.0. The van der Waals surface area contributed by atoms with Gasteiger partial charge in [-0.15, -0.1) is 0 Å². The second-order valence-electron chi connectivity index (χ2n) is 12.7. The number of ether oxygens (including phenoxy) is 2. The van der Waals surface area contributed by atoms with Gasteiger partial charge in [0, 0.05) is 56.4 Å². The third-order valence-electron chi connectivity index (χ3n) is 7.15. The van der Waals surface area contributed by atoms with Crippen molar-refractivity contribution < 1.29 is 23.9 Å². The summed E-state index contributed by atoms with van der Waals surface area (Å²) in [6.07, 6.45) is 1.81. The number of carbonyl (C=O) groups excluding carboxylic acids is 3. The van der Waals surface area contributed by atoms with Crippen molar-refractivity contribution in [3.8, 4) is 11.4 Å². The van der Waals surface area contributed by atoms with Crippen molar-refractivity contribution in [1.82, 2.24) is 24.7 Å². The Morgan fingerprint density at radius 2 is 1.66 bits per heavy atom. The van der Waals surface area contributed by atoms with E-state index < -0.39 is 23.3 Å². The predicted molar refractivity (Wildman–Crippen MR) is 156 cm³/mol. The number of nitrogens with zero attached hydrogens (tertiary/aromatic N) is 4. The van der Waals surface area contributed by atoms with Gasteiger partial charge >= 0.3 is 12.2 Å². The Morgan fingerprint density at radius 3 is 2.32 bits per heavy atom. The number of rotatable bonds is 4. The SMILES string of the molecule is CC(C)(C)OC(=O)N1CCN(Cc2ccc3c(c2)cc(-c2nccc4c2C(C=O)NC4)n3C(=O)OC(C)(C)C)CC1. The molecule has 1 aromatic carbocycles. The number of hydrogen-bond donors (Lipinski definition) is 1. The number of amides is 1.